The monoisotopic (exact) mass is 673 g/mol. The van der Waals surface area contributed by atoms with E-state index in [9.17, 15) is 19.2 Å². The maximum Gasteiger partial charge on any atom is 0.252 e. The molecule has 3 aromatic rings. The topological polar surface area (TPSA) is 158 Å². The first-order chi connectivity index (χ1) is 21.5. The van der Waals surface area contributed by atoms with Gasteiger partial charge in [0.2, 0.25) is 17.7 Å². The lowest BCUT2D eigenvalue weighted by molar-refractivity contribution is -0.137. The molecule has 2 aliphatic heterocycles. The van der Waals surface area contributed by atoms with Gasteiger partial charge in [-0.25, -0.2) is 4.98 Å². The summed E-state index contributed by atoms with van der Waals surface area (Å²) in [6.07, 6.45) is 6.06. The molecule has 14 heteroatoms. The molecule has 0 unspecified atom stereocenters. The zero-order valence-electron chi connectivity index (χ0n) is 25.4. The van der Waals surface area contributed by atoms with Gasteiger partial charge < -0.3 is 30.6 Å². The Balaban J connectivity index is 0.00000288. The zero-order valence-corrected chi connectivity index (χ0v) is 27.0. The Morgan fingerprint density at radius 1 is 0.957 bits per heavy atom. The molecule has 1 aromatic heterocycles. The lowest BCUT2D eigenvalue weighted by Crippen LogP contribution is -2.49. The molecule has 0 radical (unpaired) electrons. The van der Waals surface area contributed by atoms with Gasteiger partial charge in [0.15, 0.2) is 0 Å². The molecule has 4 amide bonds. The Labute approximate surface area is 280 Å². The Bertz CT molecular complexity index is 1430. The number of amides is 4. The molecule has 0 spiro atoms. The molecule has 3 heterocycles. The number of hydrogen-bond acceptors (Lipinski definition) is 7. The minimum absolute atomic E-state index is 0. The SMILES string of the molecule is Cl.Cl.O=C1CN(C(=O)[C@H]2CC[C@H](c3ccccc3)N2)CCCCNC(=O)[C@H](Cc2cnc[nH]2)NC(=O)c2cccc(c2)OCCN1. The number of imidazole rings is 1. The summed E-state index contributed by atoms with van der Waals surface area (Å²) in [4.78, 5) is 61.3. The van der Waals surface area contributed by atoms with Crippen molar-refractivity contribution in [1.29, 1.82) is 0 Å². The van der Waals surface area contributed by atoms with Crippen LogP contribution in [0.5, 0.6) is 5.75 Å². The third kappa shape index (κ3) is 10.2. The minimum atomic E-state index is -0.833. The van der Waals surface area contributed by atoms with Crippen molar-refractivity contribution in [2.45, 2.75) is 50.2 Å². The highest BCUT2D eigenvalue weighted by atomic mass is 35.5. The highest BCUT2D eigenvalue weighted by molar-refractivity contribution is 5.98. The summed E-state index contributed by atoms with van der Waals surface area (Å²) in [5, 5.41) is 12.0. The van der Waals surface area contributed by atoms with E-state index < -0.39 is 11.9 Å². The van der Waals surface area contributed by atoms with E-state index in [1.54, 1.807) is 35.4 Å². The molecule has 2 bridgehead atoms. The van der Waals surface area contributed by atoms with Crippen LogP contribution in [0.3, 0.4) is 0 Å². The van der Waals surface area contributed by atoms with Crippen molar-refractivity contribution in [2.75, 3.05) is 32.8 Å². The number of benzene rings is 2. The highest BCUT2D eigenvalue weighted by Crippen LogP contribution is 2.27. The van der Waals surface area contributed by atoms with E-state index in [0.717, 1.165) is 12.0 Å². The van der Waals surface area contributed by atoms with Crippen LogP contribution >= 0.6 is 24.8 Å². The molecule has 0 aliphatic carbocycles. The molecular weight excluding hydrogens is 633 g/mol. The van der Waals surface area contributed by atoms with Gasteiger partial charge in [-0.1, -0.05) is 36.4 Å². The van der Waals surface area contributed by atoms with Crippen LogP contribution in [-0.2, 0) is 20.8 Å². The normalized spacial score (nSPS) is 21.4. The van der Waals surface area contributed by atoms with Gasteiger partial charge in [-0.3, -0.25) is 24.5 Å². The van der Waals surface area contributed by atoms with Crippen molar-refractivity contribution in [3.05, 3.63) is 83.9 Å². The number of hydrogen-bond donors (Lipinski definition) is 5. The van der Waals surface area contributed by atoms with Crippen LogP contribution in [0.4, 0.5) is 0 Å². The summed E-state index contributed by atoms with van der Waals surface area (Å²) >= 11 is 0. The van der Waals surface area contributed by atoms with E-state index in [1.807, 2.05) is 30.3 Å². The van der Waals surface area contributed by atoms with Crippen molar-refractivity contribution in [2.24, 2.45) is 0 Å². The number of fused-ring (bicyclic) bond motifs is 2. The largest absolute Gasteiger partial charge is 0.492 e. The maximum absolute atomic E-state index is 13.6. The summed E-state index contributed by atoms with van der Waals surface area (Å²) < 4.78 is 5.77. The van der Waals surface area contributed by atoms with Crippen LogP contribution in [0.2, 0.25) is 0 Å². The number of nitrogens with one attached hydrogen (secondary N) is 5. The Kier molecular flexibility index (Phi) is 14.3. The second-order valence-corrected chi connectivity index (χ2v) is 11.1. The predicted molar refractivity (Wildman–Crippen MR) is 177 cm³/mol. The standard InChI is InChI=1S/C32H39N7O5.2ClH/c40-29-20-39(32(43)27-12-11-26(37-27)22-7-2-1-3-8-22)15-5-4-13-35-31(42)28(18-24-19-33-21-36-24)38-30(41)23-9-6-10-25(17-23)44-16-14-34-29;;/h1-3,6-10,17,19,21,26-28,37H,4-5,11-16,18,20H2,(H,33,36)(H,34,40)(H,35,42)(H,38,41);2*1H/t26-,27-,28+;;/m1../s1. The average Bonchev–Trinajstić information content (AvgIpc) is 3.75. The third-order valence-corrected chi connectivity index (χ3v) is 7.84. The molecule has 5 rings (SSSR count). The Hall–Kier alpha value is -4.13. The Morgan fingerprint density at radius 3 is 2.57 bits per heavy atom. The molecule has 1 fully saturated rings. The fraction of sp³-hybridized carbons (Fsp3) is 0.406. The number of carbonyl (C=O) groups excluding carboxylic acids is 4. The maximum atomic E-state index is 13.6. The highest BCUT2D eigenvalue weighted by Gasteiger charge is 2.33. The summed E-state index contributed by atoms with van der Waals surface area (Å²) in [6, 6.07) is 15.6. The van der Waals surface area contributed by atoms with Gasteiger partial charge in [-0.05, 0) is 49.4 Å². The van der Waals surface area contributed by atoms with Gasteiger partial charge in [-0.2, -0.15) is 0 Å². The number of ether oxygens (including phenoxy) is 1. The van der Waals surface area contributed by atoms with E-state index in [4.69, 9.17) is 4.74 Å². The van der Waals surface area contributed by atoms with E-state index in [1.165, 1.54) is 6.33 Å². The third-order valence-electron chi connectivity index (χ3n) is 7.84. The van der Waals surface area contributed by atoms with Crippen molar-refractivity contribution in [1.82, 2.24) is 36.1 Å². The fourth-order valence-electron chi connectivity index (χ4n) is 5.52. The number of aromatic nitrogens is 2. The molecule has 0 saturated carbocycles. The van der Waals surface area contributed by atoms with Crippen molar-refractivity contribution >= 4 is 48.4 Å². The Morgan fingerprint density at radius 2 is 1.78 bits per heavy atom. The molecule has 5 N–H and O–H groups in total. The van der Waals surface area contributed by atoms with Gasteiger partial charge >= 0.3 is 0 Å². The average molecular weight is 675 g/mol. The van der Waals surface area contributed by atoms with Gasteiger partial charge in [0.1, 0.15) is 18.4 Å². The van der Waals surface area contributed by atoms with E-state index in [0.29, 0.717) is 49.4 Å². The number of rotatable bonds is 4. The van der Waals surface area contributed by atoms with Crippen LogP contribution in [0.15, 0.2) is 67.1 Å². The number of H-pyrrole nitrogens is 1. The van der Waals surface area contributed by atoms with Crippen molar-refractivity contribution in [3.63, 3.8) is 0 Å². The second kappa shape index (κ2) is 18.1. The predicted octanol–water partition coefficient (Wildman–Crippen LogP) is 2.32. The van der Waals surface area contributed by atoms with Gasteiger partial charge in [-0.15, -0.1) is 24.8 Å². The van der Waals surface area contributed by atoms with Crippen LogP contribution in [0.1, 0.15) is 53.3 Å². The number of halogens is 2. The molecule has 3 atom stereocenters. The lowest BCUT2D eigenvalue weighted by Gasteiger charge is -2.26. The number of nitrogens with zero attached hydrogens (tertiary/aromatic N) is 2. The van der Waals surface area contributed by atoms with Crippen LogP contribution in [0.25, 0.3) is 0 Å². The fourth-order valence-corrected chi connectivity index (χ4v) is 5.52. The second-order valence-electron chi connectivity index (χ2n) is 11.1. The van der Waals surface area contributed by atoms with Crippen LogP contribution < -0.4 is 26.0 Å². The smallest absolute Gasteiger partial charge is 0.252 e. The first kappa shape index (κ1) is 36.3. The minimum Gasteiger partial charge on any atom is -0.492 e. The van der Waals surface area contributed by atoms with Crippen LogP contribution in [-0.4, -0.2) is 83.4 Å². The summed E-state index contributed by atoms with van der Waals surface area (Å²) in [6.45, 7) is 1.06. The van der Waals surface area contributed by atoms with E-state index in [2.05, 4.69) is 31.2 Å². The summed E-state index contributed by atoms with van der Waals surface area (Å²) in [5.41, 5.74) is 2.19. The molecule has 248 valence electrons. The molecule has 46 heavy (non-hydrogen) atoms. The lowest BCUT2D eigenvalue weighted by atomic mass is 10.1. The molecular formula is C32H41Cl2N7O5. The first-order valence-corrected chi connectivity index (χ1v) is 15.1. The quantitative estimate of drug-likeness (QED) is 0.284. The first-order valence-electron chi connectivity index (χ1n) is 15.1. The molecule has 2 aliphatic rings. The molecule has 2 aromatic carbocycles. The summed E-state index contributed by atoms with van der Waals surface area (Å²) in [5.74, 6) is -0.667. The zero-order chi connectivity index (χ0) is 30.7. The van der Waals surface area contributed by atoms with Crippen molar-refractivity contribution in [3.8, 4) is 5.75 Å². The van der Waals surface area contributed by atoms with Gasteiger partial charge in [0.25, 0.3) is 5.91 Å². The molecule has 1 saturated heterocycles. The van der Waals surface area contributed by atoms with Crippen molar-refractivity contribution < 1.29 is 23.9 Å². The van der Waals surface area contributed by atoms with Crippen LogP contribution in [0, 0.1) is 0 Å². The number of carbonyl (C=O) groups is 4. The van der Waals surface area contributed by atoms with Gasteiger partial charge in [0, 0.05) is 43.0 Å². The molecule has 12 nitrogen and oxygen atoms in total. The van der Waals surface area contributed by atoms with Gasteiger partial charge in [0.05, 0.1) is 25.5 Å². The van der Waals surface area contributed by atoms with E-state index in [-0.39, 0.29) is 80.7 Å². The summed E-state index contributed by atoms with van der Waals surface area (Å²) in [7, 11) is 0. The number of aromatic amines is 1. The van der Waals surface area contributed by atoms with E-state index >= 15 is 0 Å².